The van der Waals surface area contributed by atoms with Gasteiger partial charge in [0.1, 0.15) is 5.82 Å². The summed E-state index contributed by atoms with van der Waals surface area (Å²) in [6.45, 7) is 2.49. The summed E-state index contributed by atoms with van der Waals surface area (Å²) in [5.74, 6) is 0.0384. The summed E-state index contributed by atoms with van der Waals surface area (Å²) in [5, 5.41) is 3.09. The molecule has 0 saturated carbocycles. The quantitative estimate of drug-likeness (QED) is 0.863. The molecule has 1 saturated heterocycles. The lowest BCUT2D eigenvalue weighted by Gasteiger charge is -2.30. The fourth-order valence-corrected chi connectivity index (χ4v) is 1.75. The highest BCUT2D eigenvalue weighted by atomic mass is 35.5. The summed E-state index contributed by atoms with van der Waals surface area (Å²) in [7, 11) is 0. The number of halogens is 5. The van der Waals surface area contributed by atoms with Gasteiger partial charge in [-0.2, -0.15) is 13.2 Å². The number of alkyl halides is 3. The third-order valence-electron chi connectivity index (χ3n) is 2.51. The molecule has 1 aromatic heterocycles. The SMILES string of the molecule is Cl.Cl.FC(F)(F)c1cccnc1N1CCNCC1. The number of hydrogen-bond acceptors (Lipinski definition) is 3. The lowest BCUT2D eigenvalue weighted by Crippen LogP contribution is -2.44. The van der Waals surface area contributed by atoms with Gasteiger partial charge in [-0.25, -0.2) is 4.98 Å². The largest absolute Gasteiger partial charge is 0.419 e. The second kappa shape index (κ2) is 7.01. The Morgan fingerprint density at radius 3 is 2.33 bits per heavy atom. The number of nitrogens with one attached hydrogen (secondary N) is 1. The molecule has 0 aliphatic carbocycles. The van der Waals surface area contributed by atoms with Gasteiger partial charge in [-0.05, 0) is 12.1 Å². The highest BCUT2D eigenvalue weighted by Gasteiger charge is 2.35. The average Bonchev–Trinajstić information content (AvgIpc) is 2.29. The molecule has 0 spiro atoms. The first-order chi connectivity index (χ1) is 7.59. The molecule has 0 amide bonds. The van der Waals surface area contributed by atoms with Gasteiger partial charge in [0.2, 0.25) is 0 Å². The Hall–Kier alpha value is -0.720. The second-order valence-electron chi connectivity index (χ2n) is 3.61. The first-order valence-corrected chi connectivity index (χ1v) is 5.07. The van der Waals surface area contributed by atoms with Crippen LogP contribution >= 0.6 is 24.8 Å². The molecule has 1 fully saturated rings. The van der Waals surface area contributed by atoms with E-state index < -0.39 is 11.7 Å². The van der Waals surface area contributed by atoms with E-state index in [1.54, 1.807) is 4.90 Å². The van der Waals surface area contributed by atoms with Crippen LogP contribution in [0.4, 0.5) is 19.0 Å². The van der Waals surface area contributed by atoms with E-state index in [2.05, 4.69) is 10.3 Å². The van der Waals surface area contributed by atoms with Crippen LogP contribution in [0.3, 0.4) is 0 Å². The molecule has 1 aliphatic heterocycles. The third kappa shape index (κ3) is 3.90. The monoisotopic (exact) mass is 303 g/mol. The molecule has 2 rings (SSSR count). The van der Waals surface area contributed by atoms with Crippen LogP contribution in [-0.2, 0) is 6.18 Å². The summed E-state index contributed by atoms with van der Waals surface area (Å²) in [6.07, 6.45) is -2.94. The van der Waals surface area contributed by atoms with Gasteiger partial charge in [-0.1, -0.05) is 0 Å². The van der Waals surface area contributed by atoms with Crippen LogP contribution in [0.15, 0.2) is 18.3 Å². The summed E-state index contributed by atoms with van der Waals surface area (Å²) < 4.78 is 38.2. The molecule has 1 N–H and O–H groups in total. The summed E-state index contributed by atoms with van der Waals surface area (Å²) in [5.41, 5.74) is -0.656. The topological polar surface area (TPSA) is 28.2 Å². The number of pyridine rings is 1. The molecule has 8 heteroatoms. The predicted molar refractivity (Wildman–Crippen MR) is 68.8 cm³/mol. The standard InChI is InChI=1S/C10H12F3N3.2ClH/c11-10(12,13)8-2-1-3-15-9(8)16-6-4-14-5-7-16;;/h1-3,14H,4-7H2;2*1H. The van der Waals surface area contributed by atoms with Crippen molar-refractivity contribution in [3.8, 4) is 0 Å². The van der Waals surface area contributed by atoms with Crippen LogP contribution in [0.5, 0.6) is 0 Å². The molecule has 18 heavy (non-hydrogen) atoms. The van der Waals surface area contributed by atoms with Gasteiger partial charge in [0.05, 0.1) is 5.56 Å². The zero-order valence-corrected chi connectivity index (χ0v) is 11.0. The number of piperazine rings is 1. The van der Waals surface area contributed by atoms with Gasteiger partial charge < -0.3 is 10.2 Å². The number of anilines is 1. The molecule has 0 radical (unpaired) electrons. The molecule has 2 heterocycles. The van der Waals surface area contributed by atoms with Crippen molar-refractivity contribution in [2.75, 3.05) is 31.1 Å². The first kappa shape index (κ1) is 17.3. The smallest absolute Gasteiger partial charge is 0.354 e. The third-order valence-corrected chi connectivity index (χ3v) is 2.51. The van der Waals surface area contributed by atoms with Crippen molar-refractivity contribution in [3.05, 3.63) is 23.9 Å². The van der Waals surface area contributed by atoms with Crippen LogP contribution in [0.2, 0.25) is 0 Å². The number of hydrogen-bond donors (Lipinski definition) is 1. The van der Waals surface area contributed by atoms with E-state index in [1.165, 1.54) is 12.3 Å². The number of nitrogens with zero attached hydrogens (tertiary/aromatic N) is 2. The van der Waals surface area contributed by atoms with Crippen molar-refractivity contribution in [2.24, 2.45) is 0 Å². The van der Waals surface area contributed by atoms with Gasteiger partial charge in [0.25, 0.3) is 0 Å². The normalized spacial score (nSPS) is 15.6. The Balaban J connectivity index is 0.00000144. The van der Waals surface area contributed by atoms with Gasteiger partial charge in [0, 0.05) is 32.4 Å². The minimum absolute atomic E-state index is 0. The van der Waals surface area contributed by atoms with E-state index in [-0.39, 0.29) is 30.6 Å². The van der Waals surface area contributed by atoms with Gasteiger partial charge in [0.15, 0.2) is 0 Å². The van der Waals surface area contributed by atoms with E-state index in [1.807, 2.05) is 0 Å². The van der Waals surface area contributed by atoms with Crippen LogP contribution in [0.25, 0.3) is 0 Å². The fraction of sp³-hybridized carbons (Fsp3) is 0.500. The summed E-state index contributed by atoms with van der Waals surface area (Å²) in [6, 6.07) is 2.39. The zero-order valence-electron chi connectivity index (χ0n) is 9.41. The molecule has 0 bridgehead atoms. The maximum Gasteiger partial charge on any atom is 0.419 e. The Morgan fingerprint density at radius 2 is 1.78 bits per heavy atom. The Morgan fingerprint density at radius 1 is 1.17 bits per heavy atom. The van der Waals surface area contributed by atoms with Gasteiger partial charge in [-0.3, -0.25) is 0 Å². The van der Waals surface area contributed by atoms with Crippen LogP contribution in [0, 0.1) is 0 Å². The van der Waals surface area contributed by atoms with Gasteiger partial charge >= 0.3 is 6.18 Å². The second-order valence-corrected chi connectivity index (χ2v) is 3.61. The summed E-state index contributed by atoms with van der Waals surface area (Å²) >= 11 is 0. The Labute approximate surface area is 116 Å². The molecule has 1 aromatic rings. The zero-order chi connectivity index (χ0) is 11.6. The van der Waals surface area contributed by atoms with Crippen LogP contribution < -0.4 is 10.2 Å². The Kier molecular flexibility index (Phi) is 6.73. The Bertz CT molecular complexity index is 368. The maximum absolute atomic E-state index is 12.7. The lowest BCUT2D eigenvalue weighted by molar-refractivity contribution is -0.137. The average molecular weight is 304 g/mol. The fourth-order valence-electron chi connectivity index (χ4n) is 1.75. The van der Waals surface area contributed by atoms with Gasteiger partial charge in [-0.15, -0.1) is 24.8 Å². The molecular formula is C10H14Cl2F3N3. The summed E-state index contributed by atoms with van der Waals surface area (Å²) in [4.78, 5) is 5.51. The number of aromatic nitrogens is 1. The van der Waals surface area contributed by atoms with Crippen molar-refractivity contribution < 1.29 is 13.2 Å². The molecule has 0 aromatic carbocycles. The van der Waals surface area contributed by atoms with E-state index in [9.17, 15) is 13.2 Å². The van der Waals surface area contributed by atoms with Crippen molar-refractivity contribution in [1.82, 2.24) is 10.3 Å². The molecule has 0 unspecified atom stereocenters. The highest BCUT2D eigenvalue weighted by Crippen LogP contribution is 2.35. The predicted octanol–water partition coefficient (Wildman–Crippen LogP) is 2.35. The maximum atomic E-state index is 12.7. The highest BCUT2D eigenvalue weighted by molar-refractivity contribution is 5.85. The van der Waals surface area contributed by atoms with E-state index >= 15 is 0 Å². The molecular weight excluding hydrogens is 290 g/mol. The number of rotatable bonds is 1. The lowest BCUT2D eigenvalue weighted by atomic mass is 10.2. The van der Waals surface area contributed by atoms with Crippen molar-refractivity contribution in [2.45, 2.75) is 6.18 Å². The first-order valence-electron chi connectivity index (χ1n) is 5.07. The van der Waals surface area contributed by atoms with Crippen molar-refractivity contribution in [3.63, 3.8) is 0 Å². The van der Waals surface area contributed by atoms with Crippen molar-refractivity contribution in [1.29, 1.82) is 0 Å². The van der Waals surface area contributed by atoms with E-state index in [4.69, 9.17) is 0 Å². The molecule has 104 valence electrons. The molecule has 3 nitrogen and oxygen atoms in total. The molecule has 0 atom stereocenters. The minimum atomic E-state index is -4.34. The molecule has 1 aliphatic rings. The van der Waals surface area contributed by atoms with E-state index in [0.29, 0.717) is 26.2 Å². The van der Waals surface area contributed by atoms with Crippen LogP contribution in [0.1, 0.15) is 5.56 Å². The van der Waals surface area contributed by atoms with Crippen LogP contribution in [-0.4, -0.2) is 31.2 Å². The van der Waals surface area contributed by atoms with E-state index in [0.717, 1.165) is 6.07 Å². The van der Waals surface area contributed by atoms with Crippen molar-refractivity contribution >= 4 is 30.6 Å². The minimum Gasteiger partial charge on any atom is -0.354 e.